The van der Waals surface area contributed by atoms with Gasteiger partial charge in [0.2, 0.25) is 5.91 Å². The summed E-state index contributed by atoms with van der Waals surface area (Å²) in [6.07, 6.45) is 3.16. The van der Waals surface area contributed by atoms with Crippen LogP contribution in [-0.2, 0) is 16.0 Å². The number of benzene rings is 1. The maximum Gasteiger partial charge on any atom is 0.407 e. The van der Waals surface area contributed by atoms with Crippen molar-refractivity contribution in [2.24, 2.45) is 0 Å². The topological polar surface area (TPSA) is 111 Å². The summed E-state index contributed by atoms with van der Waals surface area (Å²) in [7, 11) is 0. The standard InChI is InChI=1S/C19H27N3O5/c1-18(2,3)27-17(24)20-13-19(10-4-5-11-19)21-16(23)12-14-6-8-15(9-7-14)22(25)26/h6-9H,4-5,10-13H2,1-3H3,(H,20,24)(H,21,23). The van der Waals surface area contributed by atoms with Crippen molar-refractivity contribution in [1.29, 1.82) is 0 Å². The molecule has 1 aromatic rings. The molecule has 0 radical (unpaired) electrons. The summed E-state index contributed by atoms with van der Waals surface area (Å²) in [4.78, 5) is 34.6. The van der Waals surface area contributed by atoms with Crippen LogP contribution in [-0.4, -0.2) is 34.6 Å². The van der Waals surface area contributed by atoms with Crippen LogP contribution in [0.1, 0.15) is 52.0 Å². The number of ether oxygens (including phenoxy) is 1. The van der Waals surface area contributed by atoms with Gasteiger partial charge in [0.1, 0.15) is 5.60 Å². The van der Waals surface area contributed by atoms with E-state index in [4.69, 9.17) is 4.74 Å². The summed E-state index contributed by atoms with van der Waals surface area (Å²) in [5.74, 6) is -0.170. The Hall–Kier alpha value is -2.64. The van der Waals surface area contributed by atoms with E-state index in [1.54, 1.807) is 32.9 Å². The zero-order chi connectivity index (χ0) is 20.1. The van der Waals surface area contributed by atoms with Gasteiger partial charge in [-0.1, -0.05) is 25.0 Å². The summed E-state index contributed by atoms with van der Waals surface area (Å²) in [6, 6.07) is 5.94. The van der Waals surface area contributed by atoms with E-state index in [1.165, 1.54) is 12.1 Å². The lowest BCUT2D eigenvalue weighted by atomic mass is 9.96. The van der Waals surface area contributed by atoms with Crippen LogP contribution in [0.5, 0.6) is 0 Å². The van der Waals surface area contributed by atoms with Crippen molar-refractivity contribution in [3.05, 3.63) is 39.9 Å². The molecule has 1 aliphatic carbocycles. The van der Waals surface area contributed by atoms with Crippen LogP contribution >= 0.6 is 0 Å². The molecule has 27 heavy (non-hydrogen) atoms. The second-order valence-corrected chi connectivity index (χ2v) is 7.99. The lowest BCUT2D eigenvalue weighted by molar-refractivity contribution is -0.384. The molecule has 1 fully saturated rings. The Morgan fingerprint density at radius 2 is 1.78 bits per heavy atom. The van der Waals surface area contributed by atoms with Crippen LogP contribution in [0.25, 0.3) is 0 Å². The summed E-state index contributed by atoms with van der Waals surface area (Å²) < 4.78 is 5.26. The Bertz CT molecular complexity index is 688. The molecule has 2 rings (SSSR count). The Kier molecular flexibility index (Phi) is 6.41. The van der Waals surface area contributed by atoms with Gasteiger partial charge in [-0.2, -0.15) is 0 Å². The van der Waals surface area contributed by atoms with E-state index in [2.05, 4.69) is 10.6 Å². The largest absolute Gasteiger partial charge is 0.444 e. The number of non-ortho nitro benzene ring substituents is 1. The fourth-order valence-corrected chi connectivity index (χ4v) is 3.21. The van der Waals surface area contributed by atoms with Gasteiger partial charge in [0.15, 0.2) is 0 Å². The van der Waals surface area contributed by atoms with Crippen molar-refractivity contribution >= 4 is 17.7 Å². The first-order valence-corrected chi connectivity index (χ1v) is 9.10. The Labute approximate surface area is 158 Å². The predicted molar refractivity (Wildman–Crippen MR) is 100 cm³/mol. The SMILES string of the molecule is CC(C)(C)OC(=O)NCC1(NC(=O)Cc2ccc([N+](=O)[O-])cc2)CCCC1. The molecule has 0 heterocycles. The number of carbonyl (C=O) groups excluding carboxylic acids is 2. The number of hydrogen-bond acceptors (Lipinski definition) is 5. The number of alkyl carbamates (subject to hydrolysis) is 1. The molecular formula is C19H27N3O5. The fraction of sp³-hybridized carbons (Fsp3) is 0.579. The zero-order valence-electron chi connectivity index (χ0n) is 16.0. The molecule has 1 aromatic carbocycles. The van der Waals surface area contributed by atoms with Crippen LogP contribution in [0.3, 0.4) is 0 Å². The van der Waals surface area contributed by atoms with E-state index in [0.717, 1.165) is 25.7 Å². The first-order chi connectivity index (χ1) is 12.6. The number of nitro groups is 1. The van der Waals surface area contributed by atoms with Gasteiger partial charge in [-0.05, 0) is 39.2 Å². The number of nitrogens with zero attached hydrogens (tertiary/aromatic N) is 1. The molecule has 0 atom stereocenters. The van der Waals surface area contributed by atoms with Crippen LogP contribution in [0.2, 0.25) is 0 Å². The van der Waals surface area contributed by atoms with Gasteiger partial charge in [-0.15, -0.1) is 0 Å². The lowest BCUT2D eigenvalue weighted by Crippen LogP contribution is -2.54. The number of nitrogens with one attached hydrogen (secondary N) is 2. The number of rotatable bonds is 6. The average Bonchev–Trinajstić information content (AvgIpc) is 3.00. The molecule has 0 aromatic heterocycles. The van der Waals surface area contributed by atoms with Gasteiger partial charge in [-0.3, -0.25) is 14.9 Å². The van der Waals surface area contributed by atoms with E-state index in [0.29, 0.717) is 12.1 Å². The molecule has 148 valence electrons. The van der Waals surface area contributed by atoms with E-state index < -0.39 is 22.2 Å². The highest BCUT2D eigenvalue weighted by Gasteiger charge is 2.36. The number of nitro benzene ring substituents is 1. The maximum atomic E-state index is 12.5. The summed E-state index contributed by atoms with van der Waals surface area (Å²) in [6.45, 7) is 5.70. The van der Waals surface area contributed by atoms with Crippen molar-refractivity contribution in [3.63, 3.8) is 0 Å². The summed E-state index contributed by atoms with van der Waals surface area (Å²) in [5.41, 5.74) is -0.361. The molecule has 2 amide bonds. The van der Waals surface area contributed by atoms with Crippen molar-refractivity contribution in [2.75, 3.05) is 6.54 Å². The number of amides is 2. The van der Waals surface area contributed by atoms with Crippen molar-refractivity contribution < 1.29 is 19.2 Å². The molecule has 0 saturated heterocycles. The minimum atomic E-state index is -0.577. The Balaban J connectivity index is 1.93. The highest BCUT2D eigenvalue weighted by molar-refractivity contribution is 5.79. The van der Waals surface area contributed by atoms with Crippen LogP contribution in [0.4, 0.5) is 10.5 Å². The van der Waals surface area contributed by atoms with E-state index in [9.17, 15) is 19.7 Å². The molecule has 2 N–H and O–H groups in total. The summed E-state index contributed by atoms with van der Waals surface area (Å²) >= 11 is 0. The van der Waals surface area contributed by atoms with Crippen molar-refractivity contribution in [3.8, 4) is 0 Å². The third-order valence-electron chi connectivity index (χ3n) is 4.45. The molecule has 0 aliphatic heterocycles. The average molecular weight is 377 g/mol. The molecule has 8 heteroatoms. The van der Waals surface area contributed by atoms with Crippen LogP contribution in [0.15, 0.2) is 24.3 Å². The molecule has 0 spiro atoms. The zero-order valence-corrected chi connectivity index (χ0v) is 16.0. The van der Waals surface area contributed by atoms with Gasteiger partial charge in [0.05, 0.1) is 16.9 Å². The lowest BCUT2D eigenvalue weighted by Gasteiger charge is -2.31. The van der Waals surface area contributed by atoms with Crippen LogP contribution in [0, 0.1) is 10.1 Å². The van der Waals surface area contributed by atoms with E-state index in [1.807, 2.05) is 0 Å². The Morgan fingerprint density at radius 3 is 2.30 bits per heavy atom. The quantitative estimate of drug-likeness (QED) is 0.585. The third kappa shape index (κ3) is 6.54. The molecular weight excluding hydrogens is 350 g/mol. The Morgan fingerprint density at radius 1 is 1.19 bits per heavy atom. The van der Waals surface area contributed by atoms with E-state index in [-0.39, 0.29) is 18.0 Å². The highest BCUT2D eigenvalue weighted by atomic mass is 16.6. The molecule has 8 nitrogen and oxygen atoms in total. The first kappa shape index (κ1) is 20.7. The predicted octanol–water partition coefficient (Wildman–Crippen LogP) is 3.09. The highest BCUT2D eigenvalue weighted by Crippen LogP contribution is 2.29. The number of hydrogen-bond donors (Lipinski definition) is 2. The van der Waals surface area contributed by atoms with Crippen LogP contribution < -0.4 is 10.6 Å². The third-order valence-corrected chi connectivity index (χ3v) is 4.45. The maximum absolute atomic E-state index is 12.5. The second-order valence-electron chi connectivity index (χ2n) is 7.99. The van der Waals surface area contributed by atoms with Gasteiger partial charge in [0.25, 0.3) is 5.69 Å². The van der Waals surface area contributed by atoms with Crippen molar-refractivity contribution in [2.45, 2.75) is 64.0 Å². The van der Waals surface area contributed by atoms with Gasteiger partial charge in [-0.25, -0.2) is 4.79 Å². The van der Waals surface area contributed by atoms with Gasteiger partial charge in [0, 0.05) is 18.7 Å². The minimum Gasteiger partial charge on any atom is -0.444 e. The van der Waals surface area contributed by atoms with Crippen molar-refractivity contribution in [1.82, 2.24) is 10.6 Å². The van der Waals surface area contributed by atoms with Gasteiger partial charge >= 0.3 is 6.09 Å². The molecule has 0 bridgehead atoms. The minimum absolute atomic E-state index is 0.00650. The van der Waals surface area contributed by atoms with Gasteiger partial charge < -0.3 is 15.4 Å². The molecule has 0 unspecified atom stereocenters. The molecule has 1 aliphatic rings. The normalized spacial score (nSPS) is 15.8. The molecule has 1 saturated carbocycles. The fourth-order valence-electron chi connectivity index (χ4n) is 3.21. The number of carbonyl (C=O) groups is 2. The van der Waals surface area contributed by atoms with E-state index >= 15 is 0 Å². The second kappa shape index (κ2) is 8.37. The monoisotopic (exact) mass is 377 g/mol. The summed E-state index contributed by atoms with van der Waals surface area (Å²) in [5, 5.41) is 16.5. The first-order valence-electron chi connectivity index (χ1n) is 9.10. The smallest absolute Gasteiger partial charge is 0.407 e.